The number of anilines is 1. The Morgan fingerprint density at radius 1 is 0.933 bits per heavy atom. The van der Waals surface area contributed by atoms with Crippen LogP contribution >= 0.6 is 0 Å². The van der Waals surface area contributed by atoms with Gasteiger partial charge in [-0.3, -0.25) is 14.5 Å². The first-order chi connectivity index (χ1) is 14.5. The number of unbranched alkanes of at least 4 members (excludes halogenated alkanes) is 3. The summed E-state index contributed by atoms with van der Waals surface area (Å²) in [5.41, 5.74) is 6.43. The maximum atomic E-state index is 13.5. The van der Waals surface area contributed by atoms with E-state index in [-0.39, 0.29) is 11.8 Å². The number of hydrogen-bond acceptors (Lipinski definition) is 3. The maximum Gasteiger partial charge on any atom is 0.278 e. The molecule has 0 unspecified atom stereocenters. The summed E-state index contributed by atoms with van der Waals surface area (Å²) in [6.45, 7) is 7.45. The van der Waals surface area contributed by atoms with Crippen molar-refractivity contribution >= 4 is 23.1 Å². The van der Waals surface area contributed by atoms with Crippen molar-refractivity contribution < 1.29 is 9.59 Å². The normalized spacial score (nSPS) is 16.1. The van der Waals surface area contributed by atoms with Crippen molar-refractivity contribution in [2.75, 3.05) is 18.0 Å². The highest BCUT2D eigenvalue weighted by Crippen LogP contribution is 2.39. The zero-order valence-electron chi connectivity index (χ0n) is 18.2. The van der Waals surface area contributed by atoms with Gasteiger partial charge < -0.3 is 4.90 Å². The Hall–Kier alpha value is -2.88. The number of carbonyl (C=O) groups is 2. The summed E-state index contributed by atoms with van der Waals surface area (Å²) < 4.78 is 0. The van der Waals surface area contributed by atoms with E-state index in [4.69, 9.17) is 0 Å². The second-order valence-electron chi connectivity index (χ2n) is 8.39. The van der Waals surface area contributed by atoms with Gasteiger partial charge in [-0.05, 0) is 49.4 Å². The van der Waals surface area contributed by atoms with E-state index in [1.807, 2.05) is 38.1 Å². The highest BCUT2D eigenvalue weighted by Gasteiger charge is 2.43. The molecule has 0 spiro atoms. The van der Waals surface area contributed by atoms with Gasteiger partial charge in [-0.2, -0.15) is 0 Å². The number of carbonyl (C=O) groups excluding carboxylic acids is 2. The SMILES string of the molecule is CCCCCCN1C(=O)C(c2ccc(C)cc2C)=C(N2CCc3ccccc32)C1=O. The van der Waals surface area contributed by atoms with Crippen LogP contribution < -0.4 is 4.90 Å². The van der Waals surface area contributed by atoms with E-state index >= 15 is 0 Å². The number of amides is 2. The molecule has 0 radical (unpaired) electrons. The molecule has 30 heavy (non-hydrogen) atoms. The van der Waals surface area contributed by atoms with Crippen molar-refractivity contribution in [3.05, 3.63) is 70.4 Å². The van der Waals surface area contributed by atoms with Gasteiger partial charge in [0, 0.05) is 18.8 Å². The molecule has 156 valence electrons. The fourth-order valence-electron chi connectivity index (χ4n) is 4.62. The van der Waals surface area contributed by atoms with Gasteiger partial charge in [-0.15, -0.1) is 0 Å². The van der Waals surface area contributed by atoms with Crippen LogP contribution in [0, 0.1) is 13.8 Å². The third kappa shape index (κ3) is 3.55. The molecule has 4 rings (SSSR count). The molecule has 0 atom stereocenters. The first-order valence-electron chi connectivity index (χ1n) is 11.1. The van der Waals surface area contributed by atoms with Crippen LogP contribution in [0.1, 0.15) is 54.9 Å². The third-order valence-electron chi connectivity index (χ3n) is 6.19. The molecule has 2 amide bonds. The zero-order chi connectivity index (χ0) is 21.3. The molecule has 4 nitrogen and oxygen atoms in total. The minimum absolute atomic E-state index is 0.150. The third-order valence-corrected chi connectivity index (χ3v) is 6.19. The predicted molar refractivity (Wildman–Crippen MR) is 121 cm³/mol. The number of benzene rings is 2. The van der Waals surface area contributed by atoms with E-state index in [1.165, 1.54) is 10.5 Å². The number of rotatable bonds is 7. The van der Waals surface area contributed by atoms with Crippen LogP contribution in [0.2, 0.25) is 0 Å². The van der Waals surface area contributed by atoms with Crippen LogP contribution in [-0.4, -0.2) is 29.8 Å². The average molecular weight is 403 g/mol. The molecule has 0 N–H and O–H groups in total. The topological polar surface area (TPSA) is 40.6 Å². The smallest absolute Gasteiger partial charge is 0.278 e. The maximum absolute atomic E-state index is 13.5. The summed E-state index contributed by atoms with van der Waals surface area (Å²) in [6, 6.07) is 14.3. The lowest BCUT2D eigenvalue weighted by Gasteiger charge is -2.22. The second kappa shape index (κ2) is 8.47. The summed E-state index contributed by atoms with van der Waals surface area (Å²) in [4.78, 5) is 30.6. The average Bonchev–Trinajstić information content (AvgIpc) is 3.25. The molecule has 0 aromatic heterocycles. The van der Waals surface area contributed by atoms with Crippen molar-refractivity contribution in [3.63, 3.8) is 0 Å². The van der Waals surface area contributed by atoms with Crippen LogP contribution in [0.3, 0.4) is 0 Å². The van der Waals surface area contributed by atoms with Crippen LogP contribution in [0.5, 0.6) is 0 Å². The molecule has 0 saturated carbocycles. The van der Waals surface area contributed by atoms with Gasteiger partial charge in [0.2, 0.25) is 0 Å². The molecule has 0 aliphatic carbocycles. The Morgan fingerprint density at radius 2 is 1.73 bits per heavy atom. The van der Waals surface area contributed by atoms with Gasteiger partial charge in [0.05, 0.1) is 5.57 Å². The summed E-state index contributed by atoms with van der Waals surface area (Å²) in [6.07, 6.45) is 5.03. The first kappa shape index (κ1) is 20.4. The highest BCUT2D eigenvalue weighted by atomic mass is 16.2. The van der Waals surface area contributed by atoms with Crippen LogP contribution in [0.15, 0.2) is 48.2 Å². The Balaban J connectivity index is 1.77. The molecule has 2 aromatic carbocycles. The molecule has 0 fully saturated rings. The number of nitrogens with zero attached hydrogens (tertiary/aromatic N) is 2. The minimum atomic E-state index is -0.150. The van der Waals surface area contributed by atoms with Crippen LogP contribution in [-0.2, 0) is 16.0 Å². The molecule has 2 aliphatic heterocycles. The fourth-order valence-corrected chi connectivity index (χ4v) is 4.62. The highest BCUT2D eigenvalue weighted by molar-refractivity contribution is 6.37. The standard InChI is InChI=1S/C26H30N2O2/c1-4-5-6-9-15-28-25(29)23(21-13-12-18(2)17-19(21)3)24(26(28)30)27-16-14-20-10-7-8-11-22(20)27/h7-8,10-13,17H,4-6,9,14-16H2,1-3H3. The molecular formula is C26H30N2O2. The van der Waals surface area contributed by atoms with E-state index in [0.29, 0.717) is 17.8 Å². The van der Waals surface area contributed by atoms with E-state index in [1.54, 1.807) is 0 Å². The van der Waals surface area contributed by atoms with Gasteiger partial charge in [-0.1, -0.05) is 68.1 Å². The largest absolute Gasteiger partial charge is 0.336 e. The molecule has 2 heterocycles. The van der Waals surface area contributed by atoms with Crippen molar-refractivity contribution in [3.8, 4) is 0 Å². The Kier molecular flexibility index (Phi) is 5.76. The lowest BCUT2D eigenvalue weighted by Crippen LogP contribution is -2.35. The molecule has 0 bridgehead atoms. The van der Waals surface area contributed by atoms with E-state index in [0.717, 1.165) is 61.0 Å². The quantitative estimate of drug-likeness (QED) is 0.482. The summed E-state index contributed by atoms with van der Waals surface area (Å²) in [5, 5.41) is 0. The zero-order valence-corrected chi connectivity index (χ0v) is 18.2. The van der Waals surface area contributed by atoms with Gasteiger partial charge in [-0.25, -0.2) is 0 Å². The Morgan fingerprint density at radius 3 is 2.50 bits per heavy atom. The minimum Gasteiger partial charge on any atom is -0.336 e. The van der Waals surface area contributed by atoms with Gasteiger partial charge in [0.25, 0.3) is 11.8 Å². The number of fused-ring (bicyclic) bond motifs is 1. The van der Waals surface area contributed by atoms with Crippen molar-refractivity contribution in [2.45, 2.75) is 52.9 Å². The van der Waals surface area contributed by atoms with E-state index in [9.17, 15) is 9.59 Å². The number of imide groups is 1. The van der Waals surface area contributed by atoms with Gasteiger partial charge in [0.15, 0.2) is 0 Å². The Labute approximate surface area is 179 Å². The monoisotopic (exact) mass is 402 g/mol. The summed E-state index contributed by atoms with van der Waals surface area (Å²) in [5.74, 6) is -0.300. The summed E-state index contributed by atoms with van der Waals surface area (Å²) >= 11 is 0. The van der Waals surface area contributed by atoms with Crippen molar-refractivity contribution in [2.24, 2.45) is 0 Å². The Bertz CT molecular complexity index is 1020. The fraction of sp³-hybridized carbons (Fsp3) is 0.385. The molecule has 0 saturated heterocycles. The molecular weight excluding hydrogens is 372 g/mol. The van der Waals surface area contributed by atoms with Crippen LogP contribution in [0.4, 0.5) is 5.69 Å². The summed E-state index contributed by atoms with van der Waals surface area (Å²) in [7, 11) is 0. The number of para-hydroxylation sites is 1. The molecule has 2 aromatic rings. The van der Waals surface area contributed by atoms with Crippen molar-refractivity contribution in [1.82, 2.24) is 4.90 Å². The molecule has 2 aliphatic rings. The predicted octanol–water partition coefficient (Wildman–Crippen LogP) is 5.03. The second-order valence-corrected chi connectivity index (χ2v) is 8.39. The molecule has 4 heteroatoms. The van der Waals surface area contributed by atoms with Gasteiger partial charge in [0.1, 0.15) is 5.70 Å². The number of aryl methyl sites for hydroxylation is 2. The van der Waals surface area contributed by atoms with Gasteiger partial charge >= 0.3 is 0 Å². The number of hydrogen-bond donors (Lipinski definition) is 0. The lowest BCUT2D eigenvalue weighted by molar-refractivity contribution is -0.136. The van der Waals surface area contributed by atoms with E-state index in [2.05, 4.69) is 30.0 Å². The first-order valence-corrected chi connectivity index (χ1v) is 11.1. The van der Waals surface area contributed by atoms with E-state index < -0.39 is 0 Å². The van der Waals surface area contributed by atoms with Crippen molar-refractivity contribution in [1.29, 1.82) is 0 Å². The lowest BCUT2D eigenvalue weighted by atomic mass is 9.97. The van der Waals surface area contributed by atoms with Crippen LogP contribution in [0.25, 0.3) is 5.57 Å².